The lowest BCUT2D eigenvalue weighted by Crippen LogP contribution is -2.30. The molecular weight excluding hydrogens is 346 g/mol. The van der Waals surface area contributed by atoms with Crippen molar-refractivity contribution in [3.63, 3.8) is 0 Å². The van der Waals surface area contributed by atoms with Crippen LogP contribution >= 0.6 is 15.9 Å². The van der Waals surface area contributed by atoms with Crippen LogP contribution in [-0.2, 0) is 16.1 Å². The SMILES string of the molecule is CCC(C)(C)C(=O)Nc1cc(CN(C)CCOC)c(Br)cn1. The first-order valence-electron chi connectivity index (χ1n) is 7.43. The Morgan fingerprint density at radius 2 is 2.18 bits per heavy atom. The van der Waals surface area contributed by atoms with Gasteiger partial charge in [0.15, 0.2) is 0 Å². The fourth-order valence-corrected chi connectivity index (χ4v) is 2.08. The second kappa shape index (κ2) is 8.60. The molecule has 0 saturated carbocycles. The predicted octanol–water partition coefficient (Wildman–Crippen LogP) is 3.30. The van der Waals surface area contributed by atoms with Crippen molar-refractivity contribution in [1.29, 1.82) is 0 Å². The Morgan fingerprint density at radius 3 is 2.77 bits per heavy atom. The molecule has 0 saturated heterocycles. The van der Waals surface area contributed by atoms with Crippen LogP contribution in [0.5, 0.6) is 0 Å². The zero-order chi connectivity index (χ0) is 16.8. The first-order chi connectivity index (χ1) is 10.3. The van der Waals surface area contributed by atoms with Crippen molar-refractivity contribution in [2.24, 2.45) is 5.41 Å². The van der Waals surface area contributed by atoms with E-state index in [0.717, 1.165) is 29.5 Å². The van der Waals surface area contributed by atoms with Crippen LogP contribution in [0.3, 0.4) is 0 Å². The number of ether oxygens (including phenoxy) is 1. The van der Waals surface area contributed by atoms with Gasteiger partial charge >= 0.3 is 0 Å². The molecular formula is C16H26BrN3O2. The third kappa shape index (κ3) is 5.66. The summed E-state index contributed by atoms with van der Waals surface area (Å²) in [5.41, 5.74) is 0.683. The molecule has 0 unspecified atom stereocenters. The number of hydrogen-bond acceptors (Lipinski definition) is 4. The Bertz CT molecular complexity index is 506. The highest BCUT2D eigenvalue weighted by molar-refractivity contribution is 9.10. The molecule has 0 fully saturated rings. The topological polar surface area (TPSA) is 54.5 Å². The van der Waals surface area contributed by atoms with Crippen LogP contribution in [-0.4, -0.2) is 43.1 Å². The van der Waals surface area contributed by atoms with E-state index in [0.29, 0.717) is 12.4 Å². The largest absolute Gasteiger partial charge is 0.383 e. The van der Waals surface area contributed by atoms with E-state index in [-0.39, 0.29) is 5.91 Å². The minimum absolute atomic E-state index is 0.0106. The van der Waals surface area contributed by atoms with Gasteiger partial charge in [0.25, 0.3) is 0 Å². The molecule has 0 aliphatic rings. The molecule has 124 valence electrons. The summed E-state index contributed by atoms with van der Waals surface area (Å²) in [6.07, 6.45) is 2.51. The van der Waals surface area contributed by atoms with Gasteiger partial charge in [0.2, 0.25) is 5.91 Å². The fourth-order valence-electron chi connectivity index (χ4n) is 1.73. The standard InChI is InChI=1S/C16H26BrN3O2/c1-6-16(2,3)15(21)19-14-9-12(13(17)10-18-14)11-20(4)7-8-22-5/h9-10H,6-8,11H2,1-5H3,(H,18,19,21). The smallest absolute Gasteiger partial charge is 0.231 e. The van der Waals surface area contributed by atoms with E-state index < -0.39 is 5.41 Å². The van der Waals surface area contributed by atoms with Crippen molar-refractivity contribution < 1.29 is 9.53 Å². The highest BCUT2D eigenvalue weighted by Gasteiger charge is 2.25. The number of carbonyl (C=O) groups is 1. The molecule has 0 aromatic carbocycles. The van der Waals surface area contributed by atoms with Crippen LogP contribution in [0.25, 0.3) is 0 Å². The number of pyridine rings is 1. The number of halogens is 1. The maximum absolute atomic E-state index is 12.2. The lowest BCUT2D eigenvalue weighted by Gasteiger charge is -2.22. The Balaban J connectivity index is 2.79. The van der Waals surface area contributed by atoms with E-state index in [1.54, 1.807) is 13.3 Å². The summed E-state index contributed by atoms with van der Waals surface area (Å²) in [7, 11) is 3.73. The number of aromatic nitrogens is 1. The van der Waals surface area contributed by atoms with Crippen molar-refractivity contribution in [1.82, 2.24) is 9.88 Å². The summed E-state index contributed by atoms with van der Waals surface area (Å²) in [5.74, 6) is 0.577. The van der Waals surface area contributed by atoms with Gasteiger partial charge < -0.3 is 10.1 Å². The number of nitrogens with one attached hydrogen (secondary N) is 1. The van der Waals surface area contributed by atoms with Crippen LogP contribution in [0.1, 0.15) is 32.8 Å². The van der Waals surface area contributed by atoms with E-state index in [2.05, 4.69) is 31.1 Å². The second-order valence-electron chi connectivity index (χ2n) is 6.08. The number of anilines is 1. The Labute approximate surface area is 141 Å². The highest BCUT2D eigenvalue weighted by Crippen LogP contribution is 2.24. The Hall–Kier alpha value is -0.980. The molecule has 5 nitrogen and oxygen atoms in total. The van der Waals surface area contributed by atoms with Gasteiger partial charge in [-0.25, -0.2) is 4.98 Å². The van der Waals surface area contributed by atoms with Gasteiger partial charge in [-0.2, -0.15) is 0 Å². The number of hydrogen-bond donors (Lipinski definition) is 1. The van der Waals surface area contributed by atoms with Crippen LogP contribution in [0.4, 0.5) is 5.82 Å². The third-order valence-electron chi connectivity index (χ3n) is 3.79. The average molecular weight is 372 g/mol. The Kier molecular flexibility index (Phi) is 7.45. The predicted molar refractivity (Wildman–Crippen MR) is 92.8 cm³/mol. The molecule has 1 aromatic heterocycles. The van der Waals surface area contributed by atoms with Gasteiger partial charge in [0.05, 0.1) is 6.61 Å². The van der Waals surface area contributed by atoms with Gasteiger partial charge in [-0.05, 0) is 41.0 Å². The number of carbonyl (C=O) groups excluding carboxylic acids is 1. The van der Waals surface area contributed by atoms with Crippen molar-refractivity contribution in [3.05, 3.63) is 22.3 Å². The second-order valence-corrected chi connectivity index (χ2v) is 6.94. The maximum Gasteiger partial charge on any atom is 0.231 e. The Morgan fingerprint density at radius 1 is 1.50 bits per heavy atom. The number of amides is 1. The monoisotopic (exact) mass is 371 g/mol. The van der Waals surface area contributed by atoms with Gasteiger partial charge in [-0.15, -0.1) is 0 Å². The number of rotatable bonds is 8. The number of likely N-dealkylation sites (N-methyl/N-ethyl adjacent to an activating group) is 1. The fraction of sp³-hybridized carbons (Fsp3) is 0.625. The molecule has 0 aliphatic heterocycles. The van der Waals surface area contributed by atoms with Crippen molar-refractivity contribution in [2.75, 3.05) is 32.6 Å². The third-order valence-corrected chi connectivity index (χ3v) is 4.51. The summed E-state index contributed by atoms with van der Waals surface area (Å²) < 4.78 is 6.02. The van der Waals surface area contributed by atoms with Gasteiger partial charge in [0, 0.05) is 36.3 Å². The van der Waals surface area contributed by atoms with Crippen molar-refractivity contribution in [2.45, 2.75) is 33.7 Å². The van der Waals surface area contributed by atoms with Crippen LogP contribution in [0.2, 0.25) is 0 Å². The molecule has 0 radical (unpaired) electrons. The molecule has 0 atom stereocenters. The lowest BCUT2D eigenvalue weighted by atomic mass is 9.89. The molecule has 1 aromatic rings. The molecule has 0 aliphatic carbocycles. The van der Waals surface area contributed by atoms with E-state index in [4.69, 9.17) is 4.74 Å². The molecule has 1 N–H and O–H groups in total. The molecule has 0 spiro atoms. The van der Waals surface area contributed by atoms with E-state index in [1.807, 2.05) is 33.9 Å². The van der Waals surface area contributed by atoms with Crippen LogP contribution in [0.15, 0.2) is 16.7 Å². The zero-order valence-electron chi connectivity index (χ0n) is 14.1. The lowest BCUT2D eigenvalue weighted by molar-refractivity contribution is -0.124. The summed E-state index contributed by atoms with van der Waals surface area (Å²) in [6, 6.07) is 1.91. The minimum Gasteiger partial charge on any atom is -0.383 e. The normalized spacial score (nSPS) is 11.8. The zero-order valence-corrected chi connectivity index (χ0v) is 15.7. The van der Waals surface area contributed by atoms with Crippen molar-refractivity contribution >= 4 is 27.7 Å². The molecule has 6 heteroatoms. The molecule has 1 rings (SSSR count). The molecule has 22 heavy (non-hydrogen) atoms. The summed E-state index contributed by atoms with van der Waals surface area (Å²) in [4.78, 5) is 18.7. The van der Waals surface area contributed by atoms with Gasteiger partial charge in [-0.1, -0.05) is 20.8 Å². The van der Waals surface area contributed by atoms with E-state index in [1.165, 1.54) is 0 Å². The number of methoxy groups -OCH3 is 1. The first kappa shape index (κ1) is 19.1. The van der Waals surface area contributed by atoms with E-state index in [9.17, 15) is 4.79 Å². The van der Waals surface area contributed by atoms with Crippen molar-refractivity contribution in [3.8, 4) is 0 Å². The summed E-state index contributed by atoms with van der Waals surface area (Å²) in [6.45, 7) is 8.15. The van der Waals surface area contributed by atoms with E-state index >= 15 is 0 Å². The summed E-state index contributed by atoms with van der Waals surface area (Å²) >= 11 is 3.51. The van der Waals surface area contributed by atoms with Gasteiger partial charge in [-0.3, -0.25) is 9.69 Å². The quantitative estimate of drug-likeness (QED) is 0.761. The number of nitrogens with zero attached hydrogens (tertiary/aromatic N) is 2. The maximum atomic E-state index is 12.2. The molecule has 1 heterocycles. The van der Waals surface area contributed by atoms with Gasteiger partial charge in [0.1, 0.15) is 5.82 Å². The highest BCUT2D eigenvalue weighted by atomic mass is 79.9. The minimum atomic E-state index is -0.399. The summed E-state index contributed by atoms with van der Waals surface area (Å²) in [5, 5.41) is 2.90. The molecule has 0 bridgehead atoms. The van der Waals surface area contributed by atoms with Crippen LogP contribution in [0, 0.1) is 5.41 Å². The first-order valence-corrected chi connectivity index (χ1v) is 8.22. The van der Waals surface area contributed by atoms with Crippen LogP contribution < -0.4 is 5.32 Å². The average Bonchev–Trinajstić information content (AvgIpc) is 2.48. The molecule has 1 amide bonds.